The largest absolute Gasteiger partial charge is 0.465 e. The molecule has 4 heteroatoms. The van der Waals surface area contributed by atoms with Crippen molar-refractivity contribution < 1.29 is 9.53 Å². The average molecular weight is 248 g/mol. The highest BCUT2D eigenvalue weighted by atomic mass is 16.5. The van der Waals surface area contributed by atoms with Gasteiger partial charge in [-0.2, -0.15) is 0 Å². The smallest absolute Gasteiger partial charge is 0.337 e. The molecule has 2 rings (SSSR count). The van der Waals surface area contributed by atoms with Gasteiger partial charge in [0.25, 0.3) is 0 Å². The van der Waals surface area contributed by atoms with E-state index in [1.54, 1.807) is 6.07 Å². The molecule has 1 aromatic carbocycles. The maximum atomic E-state index is 11.5. The van der Waals surface area contributed by atoms with Gasteiger partial charge in [0.1, 0.15) is 0 Å². The van der Waals surface area contributed by atoms with Gasteiger partial charge in [-0.3, -0.25) is 0 Å². The molecule has 0 aliphatic carbocycles. The summed E-state index contributed by atoms with van der Waals surface area (Å²) in [6, 6.07) is 7.66. The summed E-state index contributed by atoms with van der Waals surface area (Å²) in [5.41, 5.74) is 1.71. The van der Waals surface area contributed by atoms with Gasteiger partial charge < -0.3 is 15.0 Å². The summed E-state index contributed by atoms with van der Waals surface area (Å²) in [7, 11) is 1.41. The molecule has 0 radical (unpaired) electrons. The van der Waals surface area contributed by atoms with Crippen LogP contribution in [0, 0.1) is 0 Å². The third-order valence-corrected chi connectivity index (χ3v) is 3.22. The Morgan fingerprint density at radius 3 is 3.00 bits per heavy atom. The molecule has 1 fully saturated rings. The van der Waals surface area contributed by atoms with Crippen LogP contribution >= 0.6 is 0 Å². The average Bonchev–Trinajstić information content (AvgIpc) is 2.37. The van der Waals surface area contributed by atoms with Crippen LogP contribution in [0.4, 0.5) is 5.69 Å². The third-order valence-electron chi connectivity index (χ3n) is 3.22. The van der Waals surface area contributed by atoms with Crippen molar-refractivity contribution in [1.82, 2.24) is 5.32 Å². The van der Waals surface area contributed by atoms with E-state index in [2.05, 4.69) is 10.2 Å². The number of methoxy groups -OCH3 is 1. The van der Waals surface area contributed by atoms with Crippen molar-refractivity contribution >= 4 is 11.7 Å². The number of hydrogen-bond donors (Lipinski definition) is 1. The van der Waals surface area contributed by atoms with Gasteiger partial charge >= 0.3 is 5.97 Å². The molecule has 1 heterocycles. The van der Waals surface area contributed by atoms with E-state index < -0.39 is 0 Å². The van der Waals surface area contributed by atoms with Gasteiger partial charge in [-0.1, -0.05) is 6.07 Å². The molecule has 0 unspecified atom stereocenters. The van der Waals surface area contributed by atoms with E-state index in [9.17, 15) is 4.79 Å². The zero-order chi connectivity index (χ0) is 12.8. The quantitative estimate of drug-likeness (QED) is 0.808. The van der Waals surface area contributed by atoms with Crippen molar-refractivity contribution in [3.05, 3.63) is 29.8 Å². The fourth-order valence-corrected chi connectivity index (χ4v) is 2.21. The Balaban J connectivity index is 2.13. The molecule has 0 aromatic heterocycles. The standard InChI is InChI=1S/C14H20N2O2/c1-18-14(17)12-5-4-6-13(11-12)16-9-3-2-7-15-8-10-16/h4-6,11,15H,2-3,7-10H2,1H3. The molecular formula is C14H20N2O2. The van der Waals surface area contributed by atoms with Crippen molar-refractivity contribution in [1.29, 1.82) is 0 Å². The first-order chi connectivity index (χ1) is 8.81. The summed E-state index contributed by atoms with van der Waals surface area (Å²) in [6.07, 6.45) is 2.38. The molecule has 1 aliphatic rings. The molecule has 0 atom stereocenters. The normalized spacial score (nSPS) is 16.8. The predicted octanol–water partition coefficient (Wildman–Crippen LogP) is 1.66. The lowest BCUT2D eigenvalue weighted by Crippen LogP contribution is -2.36. The van der Waals surface area contributed by atoms with Crippen LogP contribution in [-0.4, -0.2) is 39.3 Å². The minimum Gasteiger partial charge on any atom is -0.465 e. The third kappa shape index (κ3) is 3.23. The number of esters is 1. The lowest BCUT2D eigenvalue weighted by Gasteiger charge is -2.27. The summed E-state index contributed by atoms with van der Waals surface area (Å²) < 4.78 is 4.75. The predicted molar refractivity (Wildman–Crippen MR) is 72.1 cm³/mol. The maximum Gasteiger partial charge on any atom is 0.337 e. The second-order valence-electron chi connectivity index (χ2n) is 4.49. The molecule has 0 spiro atoms. The van der Waals surface area contributed by atoms with Gasteiger partial charge in [-0.25, -0.2) is 4.79 Å². The molecule has 1 saturated heterocycles. The SMILES string of the molecule is COC(=O)c1cccc(N2CCCCNCC2)c1. The molecule has 98 valence electrons. The van der Waals surface area contributed by atoms with Gasteiger partial charge in [-0.15, -0.1) is 0 Å². The number of anilines is 1. The van der Waals surface area contributed by atoms with E-state index in [1.165, 1.54) is 20.0 Å². The van der Waals surface area contributed by atoms with Crippen molar-refractivity contribution in [2.45, 2.75) is 12.8 Å². The van der Waals surface area contributed by atoms with Crippen molar-refractivity contribution in [2.24, 2.45) is 0 Å². The van der Waals surface area contributed by atoms with Crippen LogP contribution in [0.5, 0.6) is 0 Å². The second-order valence-corrected chi connectivity index (χ2v) is 4.49. The monoisotopic (exact) mass is 248 g/mol. The number of hydrogen-bond acceptors (Lipinski definition) is 4. The minimum absolute atomic E-state index is 0.276. The van der Waals surface area contributed by atoms with Crippen molar-refractivity contribution in [2.75, 3.05) is 38.2 Å². The lowest BCUT2D eigenvalue weighted by molar-refractivity contribution is 0.0601. The summed E-state index contributed by atoms with van der Waals surface area (Å²) in [5.74, 6) is -0.276. The van der Waals surface area contributed by atoms with E-state index in [0.717, 1.165) is 31.9 Å². The van der Waals surface area contributed by atoms with Crippen LogP contribution in [0.1, 0.15) is 23.2 Å². The molecule has 1 aromatic rings. The topological polar surface area (TPSA) is 41.6 Å². The first-order valence-electron chi connectivity index (χ1n) is 6.45. The Kier molecular flexibility index (Phi) is 4.59. The zero-order valence-corrected chi connectivity index (χ0v) is 10.8. The van der Waals surface area contributed by atoms with Gasteiger partial charge in [0.2, 0.25) is 0 Å². The van der Waals surface area contributed by atoms with E-state index in [-0.39, 0.29) is 5.97 Å². The van der Waals surface area contributed by atoms with Crippen LogP contribution < -0.4 is 10.2 Å². The first-order valence-corrected chi connectivity index (χ1v) is 6.45. The van der Waals surface area contributed by atoms with Crippen LogP contribution in [0.15, 0.2) is 24.3 Å². The Morgan fingerprint density at radius 2 is 2.17 bits per heavy atom. The molecular weight excluding hydrogens is 228 g/mol. The van der Waals surface area contributed by atoms with Crippen molar-refractivity contribution in [3.63, 3.8) is 0 Å². The highest BCUT2D eigenvalue weighted by Gasteiger charge is 2.11. The fourth-order valence-electron chi connectivity index (χ4n) is 2.21. The Morgan fingerprint density at radius 1 is 1.28 bits per heavy atom. The van der Waals surface area contributed by atoms with Crippen LogP contribution in [-0.2, 0) is 4.74 Å². The molecule has 1 aliphatic heterocycles. The van der Waals surface area contributed by atoms with E-state index in [4.69, 9.17) is 4.74 Å². The number of nitrogens with zero attached hydrogens (tertiary/aromatic N) is 1. The number of benzene rings is 1. The van der Waals surface area contributed by atoms with Gasteiger partial charge in [0, 0.05) is 25.3 Å². The number of nitrogens with one attached hydrogen (secondary N) is 1. The molecule has 0 saturated carbocycles. The number of carbonyl (C=O) groups is 1. The summed E-state index contributed by atoms with van der Waals surface area (Å²) in [6.45, 7) is 4.12. The summed E-state index contributed by atoms with van der Waals surface area (Å²) in [5, 5.41) is 3.40. The van der Waals surface area contributed by atoms with Gasteiger partial charge in [0.05, 0.1) is 12.7 Å². The molecule has 0 bridgehead atoms. The van der Waals surface area contributed by atoms with Crippen molar-refractivity contribution in [3.8, 4) is 0 Å². The van der Waals surface area contributed by atoms with E-state index in [0.29, 0.717) is 5.56 Å². The zero-order valence-electron chi connectivity index (χ0n) is 10.8. The highest BCUT2D eigenvalue weighted by Crippen LogP contribution is 2.17. The fraction of sp³-hybridized carbons (Fsp3) is 0.500. The van der Waals surface area contributed by atoms with E-state index in [1.807, 2.05) is 18.2 Å². The molecule has 0 amide bonds. The van der Waals surface area contributed by atoms with E-state index >= 15 is 0 Å². The van der Waals surface area contributed by atoms with Gasteiger partial charge in [-0.05, 0) is 37.6 Å². The highest BCUT2D eigenvalue weighted by molar-refractivity contribution is 5.90. The molecule has 18 heavy (non-hydrogen) atoms. The number of carbonyl (C=O) groups excluding carboxylic acids is 1. The summed E-state index contributed by atoms with van der Waals surface area (Å²) >= 11 is 0. The maximum absolute atomic E-state index is 11.5. The number of ether oxygens (including phenoxy) is 1. The van der Waals surface area contributed by atoms with Crippen LogP contribution in [0.25, 0.3) is 0 Å². The summed E-state index contributed by atoms with van der Waals surface area (Å²) in [4.78, 5) is 13.8. The molecule has 1 N–H and O–H groups in total. The van der Waals surface area contributed by atoms with Crippen LogP contribution in [0.2, 0.25) is 0 Å². The lowest BCUT2D eigenvalue weighted by atomic mass is 10.1. The Hall–Kier alpha value is -1.55. The molecule has 4 nitrogen and oxygen atoms in total. The number of rotatable bonds is 2. The Labute approximate surface area is 108 Å². The van der Waals surface area contributed by atoms with Crippen LogP contribution in [0.3, 0.4) is 0 Å². The first kappa shape index (κ1) is 12.9. The minimum atomic E-state index is -0.276. The Bertz CT molecular complexity index is 399. The second kappa shape index (κ2) is 6.40. The van der Waals surface area contributed by atoms with Gasteiger partial charge in [0.15, 0.2) is 0 Å².